The molecule has 0 atom stereocenters. The van der Waals surface area contributed by atoms with Gasteiger partial charge in [0.25, 0.3) is 0 Å². The van der Waals surface area contributed by atoms with Gasteiger partial charge in [-0.05, 0) is 42.8 Å². The van der Waals surface area contributed by atoms with Crippen LogP contribution in [0.3, 0.4) is 0 Å². The highest BCUT2D eigenvalue weighted by Crippen LogP contribution is 2.52. The Morgan fingerprint density at radius 3 is 1.97 bits per heavy atom. The number of nitrogen functional groups attached to an aromatic ring is 1. The Bertz CT molecular complexity index is 1230. The van der Waals surface area contributed by atoms with Crippen LogP contribution in [0.5, 0.6) is 17.2 Å². The third kappa shape index (κ3) is 5.53. The summed E-state index contributed by atoms with van der Waals surface area (Å²) in [4.78, 5) is 3.04. The van der Waals surface area contributed by atoms with E-state index in [-0.39, 0.29) is 11.1 Å². The number of nitriles is 2. The van der Waals surface area contributed by atoms with E-state index in [2.05, 4.69) is 19.1 Å². The monoisotopic (exact) mass is 491 g/mol. The van der Waals surface area contributed by atoms with Gasteiger partial charge in [-0.2, -0.15) is 10.5 Å². The number of ether oxygens (including phenoxy) is 3. The van der Waals surface area contributed by atoms with Crippen molar-refractivity contribution in [2.75, 3.05) is 26.6 Å². The number of nitrogens with zero attached hydrogens (tertiary/aromatic N) is 2. The summed E-state index contributed by atoms with van der Waals surface area (Å²) < 4.78 is 17.1. The highest BCUT2D eigenvalue weighted by molar-refractivity contribution is 8.02. The highest BCUT2D eigenvalue weighted by atomic mass is 32.2. The first kappa shape index (κ1) is 25.2. The Morgan fingerprint density at radius 2 is 1.44 bits per heavy atom. The number of hydrogen-bond donors (Lipinski definition) is 1. The summed E-state index contributed by atoms with van der Waals surface area (Å²) >= 11 is 2.79. The summed E-state index contributed by atoms with van der Waals surface area (Å²) in [5, 5.41) is 19.7. The van der Waals surface area contributed by atoms with E-state index in [0.717, 1.165) is 28.4 Å². The first-order valence-corrected chi connectivity index (χ1v) is 12.3. The maximum atomic E-state index is 9.85. The molecule has 34 heavy (non-hydrogen) atoms. The molecule has 0 spiro atoms. The van der Waals surface area contributed by atoms with E-state index in [1.807, 2.05) is 48.5 Å². The van der Waals surface area contributed by atoms with Gasteiger partial charge in [0, 0.05) is 15.5 Å². The number of benzene rings is 3. The molecule has 0 saturated heterocycles. The van der Waals surface area contributed by atoms with Crippen molar-refractivity contribution in [3.05, 3.63) is 59.7 Å². The predicted octanol–water partition coefficient (Wildman–Crippen LogP) is 6.51. The minimum Gasteiger partial charge on any atom is -0.494 e. The van der Waals surface area contributed by atoms with Crippen LogP contribution in [0.15, 0.2) is 68.1 Å². The van der Waals surface area contributed by atoms with Crippen LogP contribution < -0.4 is 19.9 Å². The first-order valence-electron chi connectivity index (χ1n) is 10.6. The van der Waals surface area contributed by atoms with Gasteiger partial charge in [0.05, 0.1) is 30.6 Å². The molecular weight excluding hydrogens is 466 g/mol. The van der Waals surface area contributed by atoms with E-state index in [4.69, 9.17) is 19.9 Å². The van der Waals surface area contributed by atoms with Crippen molar-refractivity contribution in [3.8, 4) is 29.4 Å². The third-order valence-corrected chi connectivity index (χ3v) is 7.31. The maximum absolute atomic E-state index is 9.85. The van der Waals surface area contributed by atoms with Gasteiger partial charge in [-0.15, -0.1) is 0 Å². The van der Waals surface area contributed by atoms with Crippen LogP contribution in [-0.2, 0) is 0 Å². The smallest absolute Gasteiger partial charge is 0.153 e. The minimum atomic E-state index is 0.128. The fraction of sp³-hybridized carbons (Fsp3) is 0.231. The number of methoxy groups -OCH3 is 2. The summed E-state index contributed by atoms with van der Waals surface area (Å²) in [6.45, 7) is 2.80. The topological polar surface area (TPSA) is 101 Å². The molecular formula is C26H25N3O3S2. The van der Waals surface area contributed by atoms with Crippen molar-refractivity contribution in [2.45, 2.75) is 39.3 Å². The average molecular weight is 492 g/mol. The molecule has 0 amide bonds. The van der Waals surface area contributed by atoms with Crippen molar-refractivity contribution in [1.82, 2.24) is 0 Å². The van der Waals surface area contributed by atoms with Gasteiger partial charge in [-0.1, -0.05) is 49.0 Å². The van der Waals surface area contributed by atoms with E-state index >= 15 is 0 Å². The van der Waals surface area contributed by atoms with Crippen LogP contribution in [-0.4, -0.2) is 20.8 Å². The van der Waals surface area contributed by atoms with E-state index in [0.29, 0.717) is 33.6 Å². The molecule has 0 aliphatic rings. The summed E-state index contributed by atoms with van der Waals surface area (Å²) in [7, 11) is 2.98. The van der Waals surface area contributed by atoms with Gasteiger partial charge in [0.1, 0.15) is 29.0 Å². The molecule has 2 N–H and O–H groups in total. The molecule has 0 heterocycles. The molecule has 0 bridgehead atoms. The SMILES string of the molecule is CCCCOc1ccc(Sc2c(OC)c(C#N)c(C#N)c(OC)c2Sc2ccccc2N)cc1. The number of unbranched alkanes of at least 4 members (excludes halogenated alkanes) is 1. The zero-order valence-corrected chi connectivity index (χ0v) is 20.9. The van der Waals surface area contributed by atoms with E-state index in [1.54, 1.807) is 0 Å². The Kier molecular flexibility index (Phi) is 8.98. The summed E-state index contributed by atoms with van der Waals surface area (Å²) in [6.07, 6.45) is 2.07. The van der Waals surface area contributed by atoms with Crippen molar-refractivity contribution in [1.29, 1.82) is 10.5 Å². The predicted molar refractivity (Wildman–Crippen MR) is 135 cm³/mol. The van der Waals surface area contributed by atoms with E-state index in [1.165, 1.54) is 37.7 Å². The number of nitrogens with two attached hydrogens (primary N) is 1. The molecule has 0 unspecified atom stereocenters. The Labute approximate surface area is 208 Å². The fourth-order valence-electron chi connectivity index (χ4n) is 3.19. The van der Waals surface area contributed by atoms with Gasteiger partial charge in [0.15, 0.2) is 11.5 Å². The normalized spacial score (nSPS) is 10.3. The van der Waals surface area contributed by atoms with Crippen LogP contribution in [0.25, 0.3) is 0 Å². The zero-order chi connectivity index (χ0) is 24.5. The molecule has 6 nitrogen and oxygen atoms in total. The van der Waals surface area contributed by atoms with Crippen LogP contribution >= 0.6 is 23.5 Å². The molecule has 0 radical (unpaired) electrons. The Morgan fingerprint density at radius 1 is 0.853 bits per heavy atom. The third-order valence-electron chi connectivity index (χ3n) is 4.90. The largest absolute Gasteiger partial charge is 0.494 e. The summed E-state index contributed by atoms with van der Waals surface area (Å²) in [5.41, 5.74) is 7.05. The molecule has 3 aromatic carbocycles. The fourth-order valence-corrected chi connectivity index (χ4v) is 5.43. The molecule has 3 aromatic rings. The lowest BCUT2D eigenvalue weighted by atomic mass is 10.1. The Balaban J connectivity index is 2.13. The summed E-state index contributed by atoms with van der Waals surface area (Å²) in [5.74, 6) is 1.44. The van der Waals surface area contributed by atoms with Crippen molar-refractivity contribution < 1.29 is 14.2 Å². The molecule has 8 heteroatoms. The summed E-state index contributed by atoms with van der Waals surface area (Å²) in [6, 6.07) is 19.4. The quantitative estimate of drug-likeness (QED) is 0.253. The second-order valence-electron chi connectivity index (χ2n) is 7.11. The molecule has 0 fully saturated rings. The number of para-hydroxylation sites is 1. The molecule has 3 rings (SSSR count). The van der Waals surface area contributed by atoms with Crippen LogP contribution in [0.2, 0.25) is 0 Å². The second kappa shape index (κ2) is 12.1. The number of rotatable bonds is 10. The molecule has 0 aromatic heterocycles. The average Bonchev–Trinajstić information content (AvgIpc) is 2.86. The lowest BCUT2D eigenvalue weighted by molar-refractivity contribution is 0.309. The molecule has 174 valence electrons. The van der Waals surface area contributed by atoms with E-state index in [9.17, 15) is 10.5 Å². The van der Waals surface area contributed by atoms with Crippen LogP contribution in [0.1, 0.15) is 30.9 Å². The lowest BCUT2D eigenvalue weighted by Crippen LogP contribution is -2.02. The lowest BCUT2D eigenvalue weighted by Gasteiger charge is -2.20. The van der Waals surface area contributed by atoms with Gasteiger partial charge < -0.3 is 19.9 Å². The zero-order valence-electron chi connectivity index (χ0n) is 19.3. The van der Waals surface area contributed by atoms with Crippen molar-refractivity contribution in [3.63, 3.8) is 0 Å². The second-order valence-corrected chi connectivity index (χ2v) is 9.25. The number of hydrogen-bond acceptors (Lipinski definition) is 8. The van der Waals surface area contributed by atoms with Gasteiger partial charge in [0.2, 0.25) is 0 Å². The van der Waals surface area contributed by atoms with Gasteiger partial charge >= 0.3 is 0 Å². The first-order chi connectivity index (χ1) is 16.6. The Hall–Kier alpha value is -3.46. The van der Waals surface area contributed by atoms with E-state index < -0.39 is 0 Å². The minimum absolute atomic E-state index is 0.128. The maximum Gasteiger partial charge on any atom is 0.153 e. The van der Waals surface area contributed by atoms with Crippen molar-refractivity contribution >= 4 is 29.2 Å². The molecule has 0 aliphatic heterocycles. The van der Waals surface area contributed by atoms with Crippen LogP contribution in [0.4, 0.5) is 5.69 Å². The highest BCUT2D eigenvalue weighted by Gasteiger charge is 2.27. The van der Waals surface area contributed by atoms with Gasteiger partial charge in [-0.3, -0.25) is 0 Å². The molecule has 0 aliphatic carbocycles. The molecule has 0 saturated carbocycles. The van der Waals surface area contributed by atoms with Crippen molar-refractivity contribution in [2.24, 2.45) is 0 Å². The standard InChI is InChI=1S/C26H25N3O3S2/c1-4-5-14-32-17-10-12-18(13-11-17)33-25-23(30-2)19(15-27)20(16-28)24(31-3)26(25)34-22-9-7-6-8-21(22)29/h6-13H,4-5,14,29H2,1-3H3. The number of anilines is 1. The van der Waals surface area contributed by atoms with Crippen LogP contribution in [0, 0.1) is 22.7 Å². The van der Waals surface area contributed by atoms with Gasteiger partial charge in [-0.25, -0.2) is 0 Å².